The second-order valence-electron chi connectivity index (χ2n) is 5.85. The fraction of sp³-hybridized carbons (Fsp3) is 0.105. The summed E-state index contributed by atoms with van der Waals surface area (Å²) in [5, 5.41) is 0. The lowest BCUT2D eigenvalue weighted by atomic mass is 10.0. The van der Waals surface area contributed by atoms with E-state index in [1.807, 2.05) is 0 Å². The fourth-order valence-electron chi connectivity index (χ4n) is 2.72. The zero-order chi connectivity index (χ0) is 19.8. The normalized spacial score (nSPS) is 15.7. The van der Waals surface area contributed by atoms with Gasteiger partial charge in [-0.25, -0.2) is 0 Å². The van der Waals surface area contributed by atoms with E-state index in [1.165, 1.54) is 12.1 Å². The molecule has 0 fully saturated rings. The van der Waals surface area contributed by atoms with Crippen molar-refractivity contribution >= 4 is 29.7 Å². The Morgan fingerprint density at radius 2 is 1.21 bits per heavy atom. The fourth-order valence-corrected chi connectivity index (χ4v) is 2.72. The van der Waals surface area contributed by atoms with E-state index in [0.29, 0.717) is 0 Å². The molecule has 0 atom stereocenters. The first-order valence-corrected chi connectivity index (χ1v) is 8.06. The number of ketones is 1. The van der Waals surface area contributed by atoms with Crippen molar-refractivity contribution in [2.24, 2.45) is 0 Å². The molecule has 0 spiro atoms. The standard InChI is InChI=1S/C19H10O9/c20-12-7-14(22)27-18-11(25-12)6-10(16(24)9-4-2-1-3-5-9)17-19(18)28-15(23)8-13(21)26-17/h1-6H,7-8H2. The molecule has 0 aromatic heterocycles. The number of carbonyl (C=O) groups is 5. The minimum atomic E-state index is -0.984. The highest BCUT2D eigenvalue weighted by Gasteiger charge is 2.36. The Morgan fingerprint density at radius 3 is 1.86 bits per heavy atom. The molecule has 0 saturated heterocycles. The van der Waals surface area contributed by atoms with E-state index in [-0.39, 0.29) is 16.9 Å². The lowest BCUT2D eigenvalue weighted by molar-refractivity contribution is -0.144. The largest absolute Gasteiger partial charge is 0.422 e. The first kappa shape index (κ1) is 17.4. The molecule has 0 amide bonds. The van der Waals surface area contributed by atoms with Gasteiger partial charge in [0, 0.05) is 11.6 Å². The van der Waals surface area contributed by atoms with Gasteiger partial charge in [0.15, 0.2) is 17.3 Å². The Hall–Kier alpha value is -4.01. The molecule has 9 heteroatoms. The van der Waals surface area contributed by atoms with Crippen molar-refractivity contribution in [3.8, 4) is 23.0 Å². The van der Waals surface area contributed by atoms with Gasteiger partial charge < -0.3 is 18.9 Å². The molecule has 0 saturated carbocycles. The molecule has 0 aliphatic carbocycles. The molecule has 2 heterocycles. The predicted molar refractivity (Wildman–Crippen MR) is 88.1 cm³/mol. The van der Waals surface area contributed by atoms with Crippen LogP contribution >= 0.6 is 0 Å². The second kappa shape index (κ2) is 6.62. The van der Waals surface area contributed by atoms with Crippen LogP contribution in [0.3, 0.4) is 0 Å². The number of hydrogen-bond donors (Lipinski definition) is 0. The molecule has 0 unspecified atom stereocenters. The van der Waals surface area contributed by atoms with Crippen LogP contribution < -0.4 is 18.9 Å². The van der Waals surface area contributed by atoms with Crippen LogP contribution in [0.5, 0.6) is 23.0 Å². The molecule has 4 rings (SSSR count). The van der Waals surface area contributed by atoms with Crippen molar-refractivity contribution in [1.82, 2.24) is 0 Å². The van der Waals surface area contributed by atoms with Crippen LogP contribution in [-0.4, -0.2) is 29.7 Å². The second-order valence-corrected chi connectivity index (χ2v) is 5.85. The Kier molecular flexibility index (Phi) is 4.11. The van der Waals surface area contributed by atoms with E-state index < -0.39 is 59.8 Å². The molecule has 28 heavy (non-hydrogen) atoms. The third-order valence-corrected chi connectivity index (χ3v) is 3.89. The minimum absolute atomic E-state index is 0.200. The predicted octanol–water partition coefficient (Wildman–Crippen LogP) is 1.35. The Labute approximate surface area is 156 Å². The van der Waals surface area contributed by atoms with Gasteiger partial charge in [0.1, 0.15) is 12.8 Å². The third-order valence-electron chi connectivity index (χ3n) is 3.89. The minimum Gasteiger partial charge on any atom is -0.422 e. The van der Waals surface area contributed by atoms with Gasteiger partial charge in [-0.3, -0.25) is 24.0 Å². The summed E-state index contributed by atoms with van der Waals surface area (Å²) in [5.74, 6) is -6.00. The highest BCUT2D eigenvalue weighted by Crippen LogP contribution is 2.49. The van der Waals surface area contributed by atoms with E-state index in [1.54, 1.807) is 18.2 Å². The topological polar surface area (TPSA) is 122 Å². The number of ether oxygens (including phenoxy) is 4. The summed E-state index contributed by atoms with van der Waals surface area (Å²) in [7, 11) is 0. The summed E-state index contributed by atoms with van der Waals surface area (Å²) in [6, 6.07) is 9.12. The number of esters is 4. The summed E-state index contributed by atoms with van der Waals surface area (Å²) in [5.41, 5.74) is 0.0435. The summed E-state index contributed by atoms with van der Waals surface area (Å²) in [6.45, 7) is 0. The van der Waals surface area contributed by atoms with Gasteiger partial charge in [0.25, 0.3) is 0 Å². The number of benzene rings is 2. The molecule has 2 aromatic rings. The van der Waals surface area contributed by atoms with Crippen LogP contribution in [0, 0.1) is 0 Å². The molecule has 9 nitrogen and oxygen atoms in total. The van der Waals surface area contributed by atoms with Gasteiger partial charge in [-0.2, -0.15) is 0 Å². The van der Waals surface area contributed by atoms with Crippen molar-refractivity contribution in [3.63, 3.8) is 0 Å². The molecule has 0 N–H and O–H groups in total. The number of fused-ring (bicyclic) bond motifs is 3. The summed E-state index contributed by atoms with van der Waals surface area (Å²) in [6.07, 6.45) is -1.39. The average molecular weight is 382 g/mol. The van der Waals surface area contributed by atoms with Gasteiger partial charge in [0.2, 0.25) is 11.5 Å². The number of rotatable bonds is 2. The van der Waals surface area contributed by atoms with E-state index in [4.69, 9.17) is 18.9 Å². The molecule has 2 aromatic carbocycles. The first-order chi connectivity index (χ1) is 13.4. The third kappa shape index (κ3) is 3.09. The highest BCUT2D eigenvalue weighted by molar-refractivity contribution is 6.13. The molecule has 2 aliphatic rings. The van der Waals surface area contributed by atoms with Crippen LogP contribution in [0.2, 0.25) is 0 Å². The Bertz CT molecular complexity index is 1050. The van der Waals surface area contributed by atoms with Crippen LogP contribution in [0.1, 0.15) is 28.8 Å². The van der Waals surface area contributed by atoms with Crippen LogP contribution in [0.4, 0.5) is 0 Å². The zero-order valence-electron chi connectivity index (χ0n) is 14.1. The van der Waals surface area contributed by atoms with Crippen molar-refractivity contribution in [2.45, 2.75) is 12.8 Å². The maximum Gasteiger partial charge on any atom is 0.322 e. The smallest absolute Gasteiger partial charge is 0.322 e. The van der Waals surface area contributed by atoms with Crippen LogP contribution in [0.25, 0.3) is 0 Å². The van der Waals surface area contributed by atoms with Crippen LogP contribution in [-0.2, 0) is 19.2 Å². The molecule has 2 aliphatic heterocycles. The molecule has 0 bridgehead atoms. The van der Waals surface area contributed by atoms with E-state index >= 15 is 0 Å². The summed E-state index contributed by atoms with van der Waals surface area (Å²) in [4.78, 5) is 60.3. The lowest BCUT2D eigenvalue weighted by Gasteiger charge is -2.15. The van der Waals surface area contributed by atoms with Crippen LogP contribution in [0.15, 0.2) is 36.4 Å². The summed E-state index contributed by atoms with van der Waals surface area (Å²) < 4.78 is 20.3. The van der Waals surface area contributed by atoms with E-state index in [0.717, 1.165) is 6.07 Å². The quantitative estimate of drug-likeness (QED) is 0.328. The summed E-state index contributed by atoms with van der Waals surface area (Å²) >= 11 is 0. The average Bonchev–Trinajstić information content (AvgIpc) is 2.89. The molecular weight excluding hydrogens is 372 g/mol. The van der Waals surface area contributed by atoms with Crippen molar-refractivity contribution < 1.29 is 42.9 Å². The van der Waals surface area contributed by atoms with Gasteiger partial charge in [-0.05, 0) is 0 Å². The Morgan fingerprint density at radius 1 is 0.679 bits per heavy atom. The lowest BCUT2D eigenvalue weighted by Crippen LogP contribution is -2.14. The number of hydrogen-bond acceptors (Lipinski definition) is 9. The number of carbonyl (C=O) groups excluding carboxylic acids is 5. The Balaban J connectivity index is 1.96. The van der Waals surface area contributed by atoms with Gasteiger partial charge in [0.05, 0.1) is 5.56 Å². The maximum atomic E-state index is 13.0. The SMILES string of the molecule is O=C1CC(=O)Oc2c(cc(C(=O)c3ccccc3)c3c2OC(=O)CC(=O)O3)O1. The van der Waals surface area contributed by atoms with E-state index in [2.05, 4.69) is 0 Å². The van der Waals surface area contributed by atoms with Crippen molar-refractivity contribution in [1.29, 1.82) is 0 Å². The molecule has 140 valence electrons. The molecule has 0 radical (unpaired) electrons. The monoisotopic (exact) mass is 382 g/mol. The molecular formula is C19H10O9. The van der Waals surface area contributed by atoms with Crippen molar-refractivity contribution in [2.75, 3.05) is 0 Å². The van der Waals surface area contributed by atoms with Crippen molar-refractivity contribution in [3.05, 3.63) is 47.5 Å². The first-order valence-electron chi connectivity index (χ1n) is 8.06. The highest BCUT2D eigenvalue weighted by atomic mass is 16.6. The van der Waals surface area contributed by atoms with E-state index in [9.17, 15) is 24.0 Å². The van der Waals surface area contributed by atoms with Gasteiger partial charge >= 0.3 is 23.9 Å². The van der Waals surface area contributed by atoms with Gasteiger partial charge in [-0.15, -0.1) is 0 Å². The maximum absolute atomic E-state index is 13.0. The zero-order valence-corrected chi connectivity index (χ0v) is 14.1. The van der Waals surface area contributed by atoms with Gasteiger partial charge in [-0.1, -0.05) is 30.3 Å².